The SMILES string of the molecule is NCCNC(=O)CN1CCCC1C1CCCC1. The van der Waals surface area contributed by atoms with E-state index in [9.17, 15) is 4.79 Å². The molecule has 1 atom stereocenters. The van der Waals surface area contributed by atoms with Gasteiger partial charge in [-0.15, -0.1) is 0 Å². The van der Waals surface area contributed by atoms with E-state index < -0.39 is 0 Å². The third-order valence-electron chi connectivity index (χ3n) is 4.17. The van der Waals surface area contributed by atoms with Crippen LogP contribution in [0.25, 0.3) is 0 Å². The zero-order valence-electron chi connectivity index (χ0n) is 10.7. The summed E-state index contributed by atoms with van der Waals surface area (Å²) in [5, 5.41) is 2.86. The Labute approximate surface area is 104 Å². The minimum absolute atomic E-state index is 0.139. The second-order valence-corrected chi connectivity index (χ2v) is 5.36. The van der Waals surface area contributed by atoms with Crippen LogP contribution in [-0.2, 0) is 4.79 Å². The molecule has 2 fully saturated rings. The molecular weight excluding hydrogens is 214 g/mol. The second kappa shape index (κ2) is 6.36. The Balaban J connectivity index is 1.80. The smallest absolute Gasteiger partial charge is 0.234 e. The van der Waals surface area contributed by atoms with Gasteiger partial charge in [-0.2, -0.15) is 0 Å². The van der Waals surface area contributed by atoms with Crippen LogP contribution in [0, 0.1) is 5.92 Å². The molecule has 1 amide bonds. The van der Waals surface area contributed by atoms with E-state index >= 15 is 0 Å². The number of hydrogen-bond donors (Lipinski definition) is 2. The van der Waals surface area contributed by atoms with Gasteiger partial charge in [0, 0.05) is 19.1 Å². The first-order valence-corrected chi connectivity index (χ1v) is 7.02. The lowest BCUT2D eigenvalue weighted by atomic mass is 9.96. The maximum Gasteiger partial charge on any atom is 0.234 e. The van der Waals surface area contributed by atoms with Crippen molar-refractivity contribution in [2.24, 2.45) is 11.7 Å². The number of nitrogens with zero attached hydrogens (tertiary/aromatic N) is 1. The van der Waals surface area contributed by atoms with Crippen LogP contribution in [0.2, 0.25) is 0 Å². The lowest BCUT2D eigenvalue weighted by Gasteiger charge is -2.28. The molecule has 17 heavy (non-hydrogen) atoms. The predicted octanol–water partition coefficient (Wildman–Crippen LogP) is 0.716. The van der Waals surface area contributed by atoms with Crippen LogP contribution in [-0.4, -0.2) is 43.0 Å². The average Bonchev–Trinajstić information content (AvgIpc) is 2.95. The van der Waals surface area contributed by atoms with Crippen molar-refractivity contribution in [1.82, 2.24) is 10.2 Å². The highest BCUT2D eigenvalue weighted by molar-refractivity contribution is 5.78. The Morgan fingerprint density at radius 1 is 1.24 bits per heavy atom. The summed E-state index contributed by atoms with van der Waals surface area (Å²) in [6, 6.07) is 0.668. The number of rotatable bonds is 5. The molecule has 0 aromatic heterocycles. The van der Waals surface area contributed by atoms with Crippen LogP contribution < -0.4 is 11.1 Å². The van der Waals surface area contributed by atoms with Crippen molar-refractivity contribution in [3.8, 4) is 0 Å². The summed E-state index contributed by atoms with van der Waals surface area (Å²) in [7, 11) is 0. The molecule has 1 aliphatic carbocycles. The number of carbonyl (C=O) groups is 1. The predicted molar refractivity (Wildman–Crippen MR) is 68.6 cm³/mol. The molecule has 0 bridgehead atoms. The number of nitrogens with two attached hydrogens (primary N) is 1. The number of carbonyl (C=O) groups excluding carboxylic acids is 1. The van der Waals surface area contributed by atoms with E-state index in [4.69, 9.17) is 5.73 Å². The Morgan fingerprint density at radius 3 is 2.71 bits per heavy atom. The molecular formula is C13H25N3O. The lowest BCUT2D eigenvalue weighted by Crippen LogP contribution is -2.43. The molecule has 1 saturated carbocycles. The van der Waals surface area contributed by atoms with Crippen LogP contribution in [0.1, 0.15) is 38.5 Å². The van der Waals surface area contributed by atoms with E-state index in [0.717, 1.165) is 12.5 Å². The molecule has 0 radical (unpaired) electrons. The second-order valence-electron chi connectivity index (χ2n) is 5.36. The molecule has 4 nitrogen and oxygen atoms in total. The van der Waals surface area contributed by atoms with Crippen molar-refractivity contribution in [2.75, 3.05) is 26.2 Å². The van der Waals surface area contributed by atoms with Crippen molar-refractivity contribution >= 4 is 5.91 Å². The molecule has 1 unspecified atom stereocenters. The van der Waals surface area contributed by atoms with Gasteiger partial charge in [0.1, 0.15) is 0 Å². The summed E-state index contributed by atoms with van der Waals surface area (Å²) < 4.78 is 0. The largest absolute Gasteiger partial charge is 0.354 e. The lowest BCUT2D eigenvalue weighted by molar-refractivity contribution is -0.122. The van der Waals surface area contributed by atoms with E-state index in [1.165, 1.54) is 38.5 Å². The van der Waals surface area contributed by atoms with Gasteiger partial charge in [0.25, 0.3) is 0 Å². The van der Waals surface area contributed by atoms with Crippen molar-refractivity contribution < 1.29 is 4.79 Å². The standard InChI is InChI=1S/C13H25N3O/c14-7-8-15-13(17)10-16-9-3-6-12(16)11-4-1-2-5-11/h11-12H,1-10,14H2,(H,15,17). The van der Waals surface area contributed by atoms with Crippen molar-refractivity contribution in [3.63, 3.8) is 0 Å². The number of nitrogens with one attached hydrogen (secondary N) is 1. The van der Waals surface area contributed by atoms with Crippen molar-refractivity contribution in [3.05, 3.63) is 0 Å². The minimum Gasteiger partial charge on any atom is -0.354 e. The first kappa shape index (κ1) is 12.8. The summed E-state index contributed by atoms with van der Waals surface area (Å²) in [5.74, 6) is 0.986. The number of likely N-dealkylation sites (tertiary alicyclic amines) is 1. The Morgan fingerprint density at radius 2 is 2.00 bits per heavy atom. The minimum atomic E-state index is 0.139. The van der Waals surface area contributed by atoms with Crippen molar-refractivity contribution in [2.45, 2.75) is 44.6 Å². The van der Waals surface area contributed by atoms with Gasteiger partial charge < -0.3 is 11.1 Å². The Hall–Kier alpha value is -0.610. The van der Waals surface area contributed by atoms with E-state index in [2.05, 4.69) is 10.2 Å². The normalized spacial score (nSPS) is 26.5. The quantitative estimate of drug-likeness (QED) is 0.743. The number of amides is 1. The summed E-state index contributed by atoms with van der Waals surface area (Å²) >= 11 is 0. The molecule has 3 N–H and O–H groups in total. The van der Waals surface area contributed by atoms with E-state index in [1.54, 1.807) is 0 Å². The van der Waals surface area contributed by atoms with Crippen LogP contribution in [0.4, 0.5) is 0 Å². The average molecular weight is 239 g/mol. The fourth-order valence-electron chi connectivity index (χ4n) is 3.38. The van der Waals surface area contributed by atoms with Crippen LogP contribution in [0.15, 0.2) is 0 Å². The highest BCUT2D eigenvalue weighted by Crippen LogP contribution is 2.35. The maximum atomic E-state index is 11.7. The molecule has 0 aromatic carbocycles. The van der Waals surface area contributed by atoms with Gasteiger partial charge in [-0.1, -0.05) is 12.8 Å². The molecule has 1 heterocycles. The summed E-state index contributed by atoms with van der Waals surface area (Å²) in [6.45, 7) is 2.79. The van der Waals surface area contributed by atoms with Crippen molar-refractivity contribution in [1.29, 1.82) is 0 Å². The van der Waals surface area contributed by atoms with Gasteiger partial charge in [0.2, 0.25) is 5.91 Å². The zero-order chi connectivity index (χ0) is 12.1. The van der Waals surface area contributed by atoms with E-state index in [0.29, 0.717) is 25.7 Å². The Bertz CT molecular complexity index is 251. The van der Waals surface area contributed by atoms with Gasteiger partial charge in [-0.3, -0.25) is 9.69 Å². The molecule has 0 spiro atoms. The highest BCUT2D eigenvalue weighted by atomic mass is 16.2. The van der Waals surface area contributed by atoms with Crippen LogP contribution >= 0.6 is 0 Å². The summed E-state index contributed by atoms with van der Waals surface area (Å²) in [4.78, 5) is 14.1. The number of hydrogen-bond acceptors (Lipinski definition) is 3. The first-order chi connectivity index (χ1) is 8.31. The van der Waals surface area contributed by atoms with Gasteiger partial charge >= 0.3 is 0 Å². The van der Waals surface area contributed by atoms with E-state index in [-0.39, 0.29) is 5.91 Å². The first-order valence-electron chi connectivity index (χ1n) is 7.02. The molecule has 2 aliphatic rings. The fourth-order valence-corrected chi connectivity index (χ4v) is 3.38. The van der Waals surface area contributed by atoms with Crippen LogP contribution in [0.5, 0.6) is 0 Å². The molecule has 2 rings (SSSR count). The third kappa shape index (κ3) is 3.42. The highest BCUT2D eigenvalue weighted by Gasteiger charge is 2.33. The van der Waals surface area contributed by atoms with Gasteiger partial charge in [0.15, 0.2) is 0 Å². The Kier molecular flexibility index (Phi) is 4.80. The van der Waals surface area contributed by atoms with Gasteiger partial charge in [-0.25, -0.2) is 0 Å². The fraction of sp³-hybridized carbons (Fsp3) is 0.923. The zero-order valence-corrected chi connectivity index (χ0v) is 10.7. The summed E-state index contributed by atoms with van der Waals surface area (Å²) in [5.41, 5.74) is 5.38. The monoisotopic (exact) mass is 239 g/mol. The third-order valence-corrected chi connectivity index (χ3v) is 4.17. The van der Waals surface area contributed by atoms with Gasteiger partial charge in [-0.05, 0) is 38.1 Å². The molecule has 1 aliphatic heterocycles. The molecule has 1 saturated heterocycles. The van der Waals surface area contributed by atoms with Crippen LogP contribution in [0.3, 0.4) is 0 Å². The van der Waals surface area contributed by atoms with Gasteiger partial charge in [0.05, 0.1) is 6.54 Å². The molecule has 98 valence electrons. The maximum absolute atomic E-state index is 11.7. The molecule has 4 heteroatoms. The summed E-state index contributed by atoms with van der Waals surface area (Å²) in [6.07, 6.45) is 8.04. The van der Waals surface area contributed by atoms with E-state index in [1.807, 2.05) is 0 Å². The topological polar surface area (TPSA) is 58.4 Å². The molecule has 0 aromatic rings.